The first-order valence-electron chi connectivity index (χ1n) is 6.18. The first kappa shape index (κ1) is 14.5. The third kappa shape index (κ3) is 3.73. The van der Waals surface area contributed by atoms with Crippen LogP contribution in [0.4, 0.5) is 5.82 Å². The molecular weight excluding hydrogens is 232 g/mol. The molecule has 18 heavy (non-hydrogen) atoms. The van der Waals surface area contributed by atoms with Crippen LogP contribution in [-0.2, 0) is 0 Å². The van der Waals surface area contributed by atoms with Crippen molar-refractivity contribution >= 4 is 5.82 Å². The number of anilines is 1. The summed E-state index contributed by atoms with van der Waals surface area (Å²) in [6.45, 7) is 7.75. The van der Waals surface area contributed by atoms with E-state index in [0.29, 0.717) is 24.1 Å². The fourth-order valence-corrected chi connectivity index (χ4v) is 1.63. The molecule has 0 saturated carbocycles. The molecule has 102 valence electrons. The van der Waals surface area contributed by atoms with Crippen molar-refractivity contribution < 1.29 is 9.47 Å². The smallest absolute Gasteiger partial charge is 0.262 e. The van der Waals surface area contributed by atoms with Crippen LogP contribution < -0.4 is 14.8 Å². The third-order valence-electron chi connectivity index (χ3n) is 2.75. The molecule has 0 atom stereocenters. The minimum absolute atomic E-state index is 0.476. The number of ether oxygens (including phenoxy) is 2. The van der Waals surface area contributed by atoms with Crippen LogP contribution in [0.15, 0.2) is 6.33 Å². The van der Waals surface area contributed by atoms with E-state index in [1.165, 1.54) is 6.33 Å². The SMILES string of the molecule is CCN(CC)CCOc1ncnc(NC)c1OC. The summed E-state index contributed by atoms with van der Waals surface area (Å²) in [6.07, 6.45) is 1.46. The highest BCUT2D eigenvalue weighted by molar-refractivity contribution is 5.54. The Balaban J connectivity index is 2.61. The van der Waals surface area contributed by atoms with Crippen LogP contribution in [0.2, 0.25) is 0 Å². The minimum Gasteiger partial charge on any atom is -0.489 e. The summed E-state index contributed by atoms with van der Waals surface area (Å²) < 4.78 is 10.9. The average molecular weight is 254 g/mol. The standard InChI is InChI=1S/C12H22N4O2/c1-5-16(6-2)7-8-18-12-10(17-4)11(13-3)14-9-15-12/h9H,5-8H2,1-4H3,(H,13,14,15). The predicted molar refractivity (Wildman–Crippen MR) is 71.4 cm³/mol. The summed E-state index contributed by atoms with van der Waals surface area (Å²) in [5, 5.41) is 2.94. The zero-order valence-corrected chi connectivity index (χ0v) is 11.6. The Morgan fingerprint density at radius 1 is 1.28 bits per heavy atom. The highest BCUT2D eigenvalue weighted by atomic mass is 16.5. The number of likely N-dealkylation sites (N-methyl/N-ethyl adjacent to an activating group) is 1. The van der Waals surface area contributed by atoms with Crippen LogP contribution in [0.5, 0.6) is 11.6 Å². The molecule has 1 aromatic heterocycles. The molecule has 6 nitrogen and oxygen atoms in total. The lowest BCUT2D eigenvalue weighted by Gasteiger charge is -2.18. The van der Waals surface area contributed by atoms with E-state index in [1.54, 1.807) is 14.2 Å². The van der Waals surface area contributed by atoms with Gasteiger partial charge in [-0.3, -0.25) is 0 Å². The van der Waals surface area contributed by atoms with E-state index < -0.39 is 0 Å². The molecule has 0 fully saturated rings. The van der Waals surface area contributed by atoms with Crippen molar-refractivity contribution in [2.24, 2.45) is 0 Å². The molecule has 0 amide bonds. The molecule has 0 aromatic carbocycles. The Labute approximate surface area is 108 Å². The molecule has 1 heterocycles. The Morgan fingerprint density at radius 3 is 2.56 bits per heavy atom. The fraction of sp³-hybridized carbons (Fsp3) is 0.667. The number of hydrogen-bond donors (Lipinski definition) is 1. The van der Waals surface area contributed by atoms with Crippen molar-refractivity contribution in [2.75, 3.05) is 45.7 Å². The molecule has 0 unspecified atom stereocenters. The van der Waals surface area contributed by atoms with Gasteiger partial charge in [0.2, 0.25) is 5.75 Å². The van der Waals surface area contributed by atoms with Crippen molar-refractivity contribution in [3.8, 4) is 11.6 Å². The molecule has 6 heteroatoms. The van der Waals surface area contributed by atoms with Gasteiger partial charge in [0.25, 0.3) is 5.88 Å². The number of aromatic nitrogens is 2. The van der Waals surface area contributed by atoms with Gasteiger partial charge in [-0.05, 0) is 13.1 Å². The quantitative estimate of drug-likeness (QED) is 0.753. The molecule has 0 spiro atoms. The number of nitrogens with zero attached hydrogens (tertiary/aromatic N) is 3. The number of methoxy groups -OCH3 is 1. The van der Waals surface area contributed by atoms with Crippen LogP contribution in [0.1, 0.15) is 13.8 Å². The van der Waals surface area contributed by atoms with E-state index in [2.05, 4.69) is 34.0 Å². The van der Waals surface area contributed by atoms with Crippen molar-refractivity contribution in [2.45, 2.75) is 13.8 Å². The molecule has 0 bridgehead atoms. The van der Waals surface area contributed by atoms with Gasteiger partial charge in [0, 0.05) is 13.6 Å². The van der Waals surface area contributed by atoms with E-state index >= 15 is 0 Å². The van der Waals surface area contributed by atoms with Gasteiger partial charge >= 0.3 is 0 Å². The van der Waals surface area contributed by atoms with Gasteiger partial charge < -0.3 is 19.7 Å². The predicted octanol–water partition coefficient (Wildman–Crippen LogP) is 1.25. The van der Waals surface area contributed by atoms with E-state index in [-0.39, 0.29) is 0 Å². The van der Waals surface area contributed by atoms with E-state index in [1.807, 2.05) is 0 Å². The van der Waals surface area contributed by atoms with Gasteiger partial charge in [-0.2, -0.15) is 4.98 Å². The summed E-state index contributed by atoms with van der Waals surface area (Å²) in [4.78, 5) is 10.4. The van der Waals surface area contributed by atoms with Crippen molar-refractivity contribution in [3.05, 3.63) is 6.33 Å². The van der Waals surface area contributed by atoms with Gasteiger partial charge in [0.1, 0.15) is 12.9 Å². The van der Waals surface area contributed by atoms with Gasteiger partial charge in [0.15, 0.2) is 5.82 Å². The van der Waals surface area contributed by atoms with Crippen molar-refractivity contribution in [3.63, 3.8) is 0 Å². The maximum atomic E-state index is 5.65. The molecule has 1 aromatic rings. The van der Waals surface area contributed by atoms with Crippen molar-refractivity contribution in [1.29, 1.82) is 0 Å². The van der Waals surface area contributed by atoms with Crippen LogP contribution in [-0.4, -0.2) is 55.3 Å². The summed E-state index contributed by atoms with van der Waals surface area (Å²) in [6, 6.07) is 0. The fourth-order valence-electron chi connectivity index (χ4n) is 1.63. The zero-order valence-electron chi connectivity index (χ0n) is 11.6. The highest BCUT2D eigenvalue weighted by Gasteiger charge is 2.12. The second-order valence-corrected chi connectivity index (χ2v) is 3.69. The Bertz CT molecular complexity index is 356. The van der Waals surface area contributed by atoms with Crippen LogP contribution >= 0.6 is 0 Å². The van der Waals surface area contributed by atoms with Crippen LogP contribution in [0.25, 0.3) is 0 Å². The topological polar surface area (TPSA) is 59.5 Å². The minimum atomic E-state index is 0.476. The lowest BCUT2D eigenvalue weighted by atomic mass is 10.4. The second-order valence-electron chi connectivity index (χ2n) is 3.69. The summed E-state index contributed by atoms with van der Waals surface area (Å²) >= 11 is 0. The number of rotatable bonds is 8. The molecular formula is C12H22N4O2. The number of hydrogen-bond acceptors (Lipinski definition) is 6. The number of nitrogens with one attached hydrogen (secondary N) is 1. The second kappa shape index (κ2) is 7.71. The molecule has 0 aliphatic carbocycles. The molecule has 0 aliphatic heterocycles. The Kier molecular flexibility index (Phi) is 6.21. The third-order valence-corrected chi connectivity index (χ3v) is 2.75. The summed E-state index contributed by atoms with van der Waals surface area (Å²) in [7, 11) is 3.36. The maximum absolute atomic E-state index is 5.65. The maximum Gasteiger partial charge on any atom is 0.262 e. The Morgan fingerprint density at radius 2 is 2.00 bits per heavy atom. The van der Waals surface area contributed by atoms with Gasteiger partial charge in [-0.25, -0.2) is 4.98 Å². The van der Waals surface area contributed by atoms with Crippen LogP contribution in [0.3, 0.4) is 0 Å². The molecule has 0 saturated heterocycles. The monoisotopic (exact) mass is 254 g/mol. The Hall–Kier alpha value is -1.56. The van der Waals surface area contributed by atoms with Gasteiger partial charge in [0.05, 0.1) is 7.11 Å². The van der Waals surface area contributed by atoms with E-state index in [0.717, 1.165) is 19.6 Å². The van der Waals surface area contributed by atoms with Gasteiger partial charge in [-0.1, -0.05) is 13.8 Å². The largest absolute Gasteiger partial charge is 0.489 e. The first-order valence-corrected chi connectivity index (χ1v) is 6.18. The average Bonchev–Trinajstić information content (AvgIpc) is 2.43. The molecule has 1 N–H and O–H groups in total. The lowest BCUT2D eigenvalue weighted by Crippen LogP contribution is -2.28. The molecule has 0 radical (unpaired) electrons. The van der Waals surface area contributed by atoms with Gasteiger partial charge in [-0.15, -0.1) is 0 Å². The summed E-state index contributed by atoms with van der Waals surface area (Å²) in [5.74, 6) is 1.65. The lowest BCUT2D eigenvalue weighted by molar-refractivity contribution is 0.211. The van der Waals surface area contributed by atoms with E-state index in [9.17, 15) is 0 Å². The summed E-state index contributed by atoms with van der Waals surface area (Å²) in [5.41, 5.74) is 0. The van der Waals surface area contributed by atoms with Crippen molar-refractivity contribution in [1.82, 2.24) is 14.9 Å². The van der Waals surface area contributed by atoms with E-state index in [4.69, 9.17) is 9.47 Å². The first-order chi connectivity index (χ1) is 8.76. The normalized spacial score (nSPS) is 10.5. The molecule has 1 rings (SSSR count). The zero-order chi connectivity index (χ0) is 13.4. The van der Waals surface area contributed by atoms with Crippen LogP contribution in [0, 0.1) is 0 Å². The highest BCUT2D eigenvalue weighted by Crippen LogP contribution is 2.30. The molecule has 0 aliphatic rings.